The van der Waals surface area contributed by atoms with Crippen LogP contribution in [0.4, 0.5) is 0 Å². The monoisotopic (exact) mass is 193 g/mol. The highest BCUT2D eigenvalue weighted by molar-refractivity contribution is 8.26. The van der Waals surface area contributed by atoms with Gasteiger partial charge in [-0.05, 0) is 0 Å². The molecule has 54 valence electrons. The second-order valence-corrected chi connectivity index (χ2v) is 3.60. The zero-order valence-corrected chi connectivity index (χ0v) is 7.52. The summed E-state index contributed by atoms with van der Waals surface area (Å²) in [5.74, 6) is -0.120. The Balaban J connectivity index is 2.92. The van der Waals surface area contributed by atoms with Crippen LogP contribution in [0.2, 0.25) is 0 Å². The molecule has 0 saturated carbocycles. The van der Waals surface area contributed by atoms with Crippen LogP contribution in [0.15, 0.2) is 10.4 Å². The first-order valence-corrected chi connectivity index (χ1v) is 4.13. The molecule has 0 aromatic carbocycles. The average molecular weight is 194 g/mol. The Kier molecular flexibility index (Phi) is 2.33. The van der Waals surface area contributed by atoms with Crippen molar-refractivity contribution in [2.24, 2.45) is 0 Å². The van der Waals surface area contributed by atoms with Gasteiger partial charge in [0.2, 0.25) is 0 Å². The molecular weight excluding hydrogens is 190 g/mol. The van der Waals surface area contributed by atoms with Crippen molar-refractivity contribution in [3.8, 4) is 0 Å². The quantitative estimate of drug-likeness (QED) is 0.430. The lowest BCUT2D eigenvalue weighted by molar-refractivity contribution is -0.121. The lowest BCUT2D eigenvalue weighted by atomic mass is 10.5. The maximum atomic E-state index is 11.0. The molecule has 1 amide bonds. The lowest BCUT2D eigenvalue weighted by Crippen LogP contribution is -2.22. The fourth-order valence-electron chi connectivity index (χ4n) is 0.523. The Bertz CT molecular complexity index is 226. The van der Waals surface area contributed by atoms with Crippen LogP contribution in [0.3, 0.4) is 0 Å². The number of amides is 1. The van der Waals surface area contributed by atoms with Gasteiger partial charge in [-0.15, -0.1) is 0 Å². The number of carbonyl (C=O) groups excluding carboxylic acids is 1. The van der Waals surface area contributed by atoms with E-state index in [1.165, 1.54) is 22.2 Å². The predicted molar refractivity (Wildman–Crippen MR) is 46.9 cm³/mol. The summed E-state index contributed by atoms with van der Waals surface area (Å²) in [7, 11) is 1.63. The van der Waals surface area contributed by atoms with E-state index in [1.807, 2.05) is 0 Å². The van der Waals surface area contributed by atoms with Gasteiger partial charge in [-0.2, -0.15) is 0 Å². The zero-order valence-electron chi connectivity index (χ0n) is 5.13. The molecule has 1 rings (SSSR count). The van der Waals surface area contributed by atoms with E-state index in [0.29, 0.717) is 9.23 Å². The molecule has 1 fully saturated rings. The van der Waals surface area contributed by atoms with Crippen LogP contribution >= 0.6 is 35.6 Å². The van der Waals surface area contributed by atoms with Crippen molar-refractivity contribution >= 4 is 45.8 Å². The number of thioether (sulfide) groups is 1. The normalized spacial score (nSPS) is 23.0. The zero-order chi connectivity index (χ0) is 7.72. The van der Waals surface area contributed by atoms with E-state index in [4.69, 9.17) is 23.8 Å². The van der Waals surface area contributed by atoms with Crippen LogP contribution in [-0.2, 0) is 4.79 Å². The first kappa shape index (κ1) is 8.04. The maximum absolute atomic E-state index is 11.0. The Hall–Kier alpha value is -0.0600. The Labute approximate surface area is 73.2 Å². The second kappa shape index (κ2) is 2.90. The highest BCUT2D eigenvalue weighted by atomic mass is 35.5. The second-order valence-electron chi connectivity index (χ2n) is 1.71. The van der Waals surface area contributed by atoms with Gasteiger partial charge in [-0.25, -0.2) is 0 Å². The van der Waals surface area contributed by atoms with E-state index in [0.717, 1.165) is 0 Å². The maximum Gasteiger partial charge on any atom is 0.266 e. The molecule has 0 aliphatic carbocycles. The van der Waals surface area contributed by atoms with Crippen LogP contribution in [0, 0.1) is 0 Å². The Morgan fingerprint density at radius 3 is 2.60 bits per heavy atom. The fourth-order valence-corrected chi connectivity index (χ4v) is 1.78. The molecule has 2 nitrogen and oxygen atoms in total. The number of hydrogen-bond donors (Lipinski definition) is 0. The largest absolute Gasteiger partial charge is 0.296 e. The molecule has 1 heterocycles. The molecule has 1 aliphatic heterocycles. The minimum Gasteiger partial charge on any atom is -0.296 e. The third kappa shape index (κ3) is 1.19. The Morgan fingerprint density at radius 2 is 2.40 bits per heavy atom. The molecule has 0 radical (unpaired) electrons. The standard InChI is InChI=1S/C5H4ClNOS2/c1-7-4(8)3(2-6)10-5(7)9/h2H,1H3/b3-2-. The summed E-state index contributed by atoms with van der Waals surface area (Å²) in [4.78, 5) is 12.9. The first-order valence-electron chi connectivity index (χ1n) is 2.47. The minimum atomic E-state index is -0.120. The van der Waals surface area contributed by atoms with Gasteiger partial charge in [0.1, 0.15) is 4.32 Å². The van der Waals surface area contributed by atoms with Gasteiger partial charge >= 0.3 is 0 Å². The van der Waals surface area contributed by atoms with Crippen molar-refractivity contribution < 1.29 is 4.79 Å². The summed E-state index contributed by atoms with van der Waals surface area (Å²) in [6.07, 6.45) is 0. The molecule has 1 aliphatic rings. The van der Waals surface area contributed by atoms with Gasteiger partial charge in [0, 0.05) is 12.6 Å². The van der Waals surface area contributed by atoms with Gasteiger partial charge in [-0.1, -0.05) is 35.6 Å². The molecule has 0 aromatic rings. The highest BCUT2D eigenvalue weighted by Gasteiger charge is 2.28. The van der Waals surface area contributed by atoms with Crippen LogP contribution in [0.1, 0.15) is 0 Å². The van der Waals surface area contributed by atoms with Crippen molar-refractivity contribution in [2.45, 2.75) is 0 Å². The summed E-state index contributed by atoms with van der Waals surface area (Å²) in [5, 5.41) is 0. The summed E-state index contributed by atoms with van der Waals surface area (Å²) >= 11 is 11.4. The van der Waals surface area contributed by atoms with Crippen molar-refractivity contribution in [1.29, 1.82) is 0 Å². The molecule has 0 N–H and O–H groups in total. The van der Waals surface area contributed by atoms with Crippen LogP contribution in [-0.4, -0.2) is 22.2 Å². The fraction of sp³-hybridized carbons (Fsp3) is 0.200. The first-order chi connectivity index (χ1) is 4.66. The lowest BCUT2D eigenvalue weighted by Gasteiger charge is -2.02. The molecular formula is C5H4ClNOS2. The molecule has 10 heavy (non-hydrogen) atoms. The van der Waals surface area contributed by atoms with Crippen molar-refractivity contribution in [3.05, 3.63) is 10.4 Å². The van der Waals surface area contributed by atoms with E-state index in [9.17, 15) is 4.79 Å². The number of halogens is 1. The van der Waals surface area contributed by atoms with Gasteiger partial charge in [0.05, 0.1) is 4.91 Å². The average Bonchev–Trinajstić information content (AvgIpc) is 2.17. The van der Waals surface area contributed by atoms with E-state index in [-0.39, 0.29) is 5.91 Å². The van der Waals surface area contributed by atoms with Crippen LogP contribution in [0.25, 0.3) is 0 Å². The van der Waals surface area contributed by atoms with E-state index in [1.54, 1.807) is 7.05 Å². The number of nitrogens with zero attached hydrogens (tertiary/aromatic N) is 1. The smallest absolute Gasteiger partial charge is 0.266 e. The third-order valence-electron chi connectivity index (χ3n) is 1.09. The number of carbonyl (C=O) groups is 1. The van der Waals surface area contributed by atoms with Gasteiger partial charge in [0.15, 0.2) is 0 Å². The summed E-state index contributed by atoms with van der Waals surface area (Å²) in [6, 6.07) is 0. The molecule has 0 unspecified atom stereocenters. The van der Waals surface area contributed by atoms with Crippen molar-refractivity contribution in [2.75, 3.05) is 7.05 Å². The summed E-state index contributed by atoms with van der Waals surface area (Å²) < 4.78 is 0.553. The summed E-state index contributed by atoms with van der Waals surface area (Å²) in [5.41, 5.74) is 1.25. The predicted octanol–water partition coefficient (Wildman–Crippen LogP) is 1.56. The molecule has 0 aromatic heterocycles. The van der Waals surface area contributed by atoms with Gasteiger partial charge in [0.25, 0.3) is 5.91 Å². The van der Waals surface area contributed by atoms with Gasteiger partial charge < -0.3 is 0 Å². The number of hydrogen-bond acceptors (Lipinski definition) is 3. The molecule has 0 atom stereocenters. The number of rotatable bonds is 0. The minimum absolute atomic E-state index is 0.120. The SMILES string of the molecule is CN1C(=O)/C(=C/Cl)SC1=S. The van der Waals surface area contributed by atoms with E-state index >= 15 is 0 Å². The molecule has 1 saturated heterocycles. The van der Waals surface area contributed by atoms with Crippen LogP contribution < -0.4 is 0 Å². The number of likely N-dealkylation sites (N-methyl/N-ethyl adjacent to an activating group) is 1. The molecule has 0 bridgehead atoms. The Morgan fingerprint density at radius 1 is 1.80 bits per heavy atom. The van der Waals surface area contributed by atoms with E-state index < -0.39 is 0 Å². The van der Waals surface area contributed by atoms with Gasteiger partial charge in [-0.3, -0.25) is 9.69 Å². The third-order valence-corrected chi connectivity index (χ3v) is 2.92. The van der Waals surface area contributed by atoms with Crippen molar-refractivity contribution in [3.63, 3.8) is 0 Å². The van der Waals surface area contributed by atoms with Crippen LogP contribution in [0.5, 0.6) is 0 Å². The topological polar surface area (TPSA) is 20.3 Å². The number of thiocarbonyl (C=S) groups is 1. The molecule has 0 spiro atoms. The molecule has 5 heteroatoms. The van der Waals surface area contributed by atoms with Crippen molar-refractivity contribution in [1.82, 2.24) is 4.90 Å². The highest BCUT2D eigenvalue weighted by Crippen LogP contribution is 2.29. The van der Waals surface area contributed by atoms with E-state index in [2.05, 4.69) is 0 Å². The summed E-state index contributed by atoms with van der Waals surface area (Å²) in [6.45, 7) is 0.